The number of hydrogen-bond acceptors (Lipinski definition) is 3. The van der Waals surface area contributed by atoms with Crippen LogP contribution in [0.4, 0.5) is 0 Å². The molecule has 4 heteroatoms. The third-order valence-electron chi connectivity index (χ3n) is 3.61. The van der Waals surface area contributed by atoms with Crippen LogP contribution in [0, 0.1) is 13.8 Å². The lowest BCUT2D eigenvalue weighted by Gasteiger charge is -2.21. The van der Waals surface area contributed by atoms with Gasteiger partial charge in [-0.05, 0) is 56.9 Å². The van der Waals surface area contributed by atoms with Crippen LogP contribution in [0.2, 0.25) is 0 Å². The van der Waals surface area contributed by atoms with Gasteiger partial charge >= 0.3 is 0 Å². The molecule has 4 nitrogen and oxygen atoms in total. The molecule has 1 amide bonds. The number of aryl methyl sites for hydroxylation is 2. The fourth-order valence-corrected chi connectivity index (χ4v) is 2.52. The van der Waals surface area contributed by atoms with Gasteiger partial charge in [0.15, 0.2) is 6.61 Å². The average Bonchev–Trinajstić information content (AvgIpc) is 3.23. The van der Waals surface area contributed by atoms with Gasteiger partial charge in [-0.15, -0.1) is 0 Å². The molecule has 0 atom stereocenters. The standard InChI is InChI=1S/C16H21NO3/c1-4-17(14-5-6-14)15(19)10-20-16-11(2)7-13(9-18)8-12(16)3/h7-9,14H,4-6,10H2,1-3H3. The van der Waals surface area contributed by atoms with Crippen molar-refractivity contribution in [2.45, 2.75) is 39.7 Å². The SMILES string of the molecule is CCN(C(=O)COc1c(C)cc(C=O)cc1C)C1CC1. The number of ether oxygens (including phenoxy) is 1. The van der Waals surface area contributed by atoms with Gasteiger partial charge in [-0.25, -0.2) is 0 Å². The van der Waals surface area contributed by atoms with Crippen molar-refractivity contribution in [2.24, 2.45) is 0 Å². The van der Waals surface area contributed by atoms with Gasteiger partial charge < -0.3 is 9.64 Å². The van der Waals surface area contributed by atoms with Crippen LogP contribution >= 0.6 is 0 Å². The summed E-state index contributed by atoms with van der Waals surface area (Å²) in [6, 6.07) is 3.96. The number of aldehydes is 1. The highest BCUT2D eigenvalue weighted by Gasteiger charge is 2.31. The molecule has 0 unspecified atom stereocenters. The Bertz CT molecular complexity index is 497. The molecule has 0 aromatic heterocycles. The van der Waals surface area contributed by atoms with E-state index in [1.165, 1.54) is 0 Å². The van der Waals surface area contributed by atoms with Crippen LogP contribution in [-0.4, -0.2) is 36.3 Å². The Morgan fingerprint density at radius 1 is 1.35 bits per heavy atom. The van der Waals surface area contributed by atoms with Gasteiger partial charge in [-0.1, -0.05) is 0 Å². The van der Waals surface area contributed by atoms with Gasteiger partial charge in [0.05, 0.1) is 0 Å². The molecule has 0 aliphatic heterocycles. The molecule has 1 aromatic carbocycles. The number of likely N-dealkylation sites (N-methyl/N-ethyl adjacent to an activating group) is 1. The predicted octanol–water partition coefficient (Wildman–Crippen LogP) is 2.51. The van der Waals surface area contributed by atoms with E-state index in [0.717, 1.165) is 36.8 Å². The molecule has 0 radical (unpaired) electrons. The van der Waals surface area contributed by atoms with Crippen molar-refractivity contribution in [3.63, 3.8) is 0 Å². The number of carbonyl (C=O) groups excluding carboxylic acids is 2. The van der Waals surface area contributed by atoms with Crippen molar-refractivity contribution >= 4 is 12.2 Å². The highest BCUT2D eigenvalue weighted by molar-refractivity contribution is 5.79. The van der Waals surface area contributed by atoms with Crippen molar-refractivity contribution in [2.75, 3.05) is 13.2 Å². The second kappa shape index (κ2) is 6.07. The molecule has 1 fully saturated rings. The van der Waals surface area contributed by atoms with Crippen LogP contribution in [0.1, 0.15) is 41.3 Å². The largest absolute Gasteiger partial charge is 0.483 e. The quantitative estimate of drug-likeness (QED) is 0.749. The van der Waals surface area contributed by atoms with E-state index in [2.05, 4.69) is 0 Å². The number of rotatable bonds is 6. The summed E-state index contributed by atoms with van der Waals surface area (Å²) in [5, 5.41) is 0. The summed E-state index contributed by atoms with van der Waals surface area (Å²) in [5.41, 5.74) is 2.40. The Balaban J connectivity index is 2.03. The molecule has 0 spiro atoms. The monoisotopic (exact) mass is 275 g/mol. The minimum absolute atomic E-state index is 0.0354. The second-order valence-corrected chi connectivity index (χ2v) is 5.30. The van der Waals surface area contributed by atoms with Gasteiger partial charge in [0.25, 0.3) is 5.91 Å². The Hall–Kier alpha value is -1.84. The molecule has 1 aromatic rings. The average molecular weight is 275 g/mol. The van der Waals surface area contributed by atoms with Crippen LogP contribution in [0.15, 0.2) is 12.1 Å². The van der Waals surface area contributed by atoms with E-state index in [0.29, 0.717) is 17.4 Å². The van der Waals surface area contributed by atoms with Crippen molar-refractivity contribution in [1.29, 1.82) is 0 Å². The lowest BCUT2D eigenvalue weighted by molar-refractivity contribution is -0.133. The summed E-state index contributed by atoms with van der Waals surface area (Å²) in [7, 11) is 0. The normalized spacial score (nSPS) is 13.9. The van der Waals surface area contributed by atoms with Crippen LogP contribution < -0.4 is 4.74 Å². The topological polar surface area (TPSA) is 46.6 Å². The molecule has 20 heavy (non-hydrogen) atoms. The van der Waals surface area contributed by atoms with Crippen LogP contribution in [0.3, 0.4) is 0 Å². The summed E-state index contributed by atoms with van der Waals surface area (Å²) in [6.45, 7) is 6.56. The fourth-order valence-electron chi connectivity index (χ4n) is 2.52. The van der Waals surface area contributed by atoms with Gasteiger partial charge in [-0.3, -0.25) is 9.59 Å². The lowest BCUT2D eigenvalue weighted by Crippen LogP contribution is -2.36. The maximum absolute atomic E-state index is 12.1. The molecule has 1 aliphatic rings. The van der Waals surface area contributed by atoms with Gasteiger partial charge in [0, 0.05) is 18.2 Å². The maximum Gasteiger partial charge on any atom is 0.260 e. The van der Waals surface area contributed by atoms with Crippen molar-refractivity contribution < 1.29 is 14.3 Å². The van der Waals surface area contributed by atoms with E-state index in [1.807, 2.05) is 25.7 Å². The highest BCUT2D eigenvalue weighted by atomic mass is 16.5. The first-order valence-corrected chi connectivity index (χ1v) is 7.05. The highest BCUT2D eigenvalue weighted by Crippen LogP contribution is 2.27. The van der Waals surface area contributed by atoms with E-state index >= 15 is 0 Å². The zero-order valence-electron chi connectivity index (χ0n) is 12.3. The van der Waals surface area contributed by atoms with Gasteiger partial charge in [0.1, 0.15) is 12.0 Å². The first-order chi connectivity index (χ1) is 9.56. The molecule has 1 saturated carbocycles. The van der Waals surface area contributed by atoms with Gasteiger partial charge in [-0.2, -0.15) is 0 Å². The van der Waals surface area contributed by atoms with E-state index in [9.17, 15) is 9.59 Å². The Morgan fingerprint density at radius 3 is 2.40 bits per heavy atom. The number of amides is 1. The summed E-state index contributed by atoms with van der Waals surface area (Å²) in [5.74, 6) is 0.740. The Kier molecular flexibility index (Phi) is 4.42. The molecule has 1 aliphatic carbocycles. The zero-order chi connectivity index (χ0) is 14.7. The third kappa shape index (κ3) is 3.18. The summed E-state index contributed by atoms with van der Waals surface area (Å²) in [4.78, 5) is 24.8. The molecule has 2 rings (SSSR count). The van der Waals surface area contributed by atoms with Crippen LogP contribution in [0.25, 0.3) is 0 Å². The molecular formula is C16H21NO3. The number of benzene rings is 1. The van der Waals surface area contributed by atoms with Crippen molar-refractivity contribution in [3.05, 3.63) is 28.8 Å². The summed E-state index contributed by atoms with van der Waals surface area (Å²) in [6.07, 6.45) is 3.03. The first kappa shape index (κ1) is 14.6. The van der Waals surface area contributed by atoms with E-state index in [-0.39, 0.29) is 12.5 Å². The molecule has 108 valence electrons. The molecule has 0 heterocycles. The second-order valence-electron chi connectivity index (χ2n) is 5.30. The van der Waals surface area contributed by atoms with Crippen LogP contribution in [0.5, 0.6) is 5.75 Å². The minimum atomic E-state index is 0.0354. The summed E-state index contributed by atoms with van der Waals surface area (Å²) < 4.78 is 5.68. The van der Waals surface area contributed by atoms with E-state index in [1.54, 1.807) is 12.1 Å². The predicted molar refractivity (Wildman–Crippen MR) is 77.2 cm³/mol. The third-order valence-corrected chi connectivity index (χ3v) is 3.61. The molecule has 0 bridgehead atoms. The number of hydrogen-bond donors (Lipinski definition) is 0. The smallest absolute Gasteiger partial charge is 0.260 e. The minimum Gasteiger partial charge on any atom is -0.483 e. The number of carbonyl (C=O) groups is 2. The fraction of sp³-hybridized carbons (Fsp3) is 0.500. The van der Waals surface area contributed by atoms with Gasteiger partial charge in [0.2, 0.25) is 0 Å². The maximum atomic E-state index is 12.1. The molecule has 0 N–H and O–H groups in total. The van der Waals surface area contributed by atoms with E-state index < -0.39 is 0 Å². The van der Waals surface area contributed by atoms with E-state index in [4.69, 9.17) is 4.74 Å². The van der Waals surface area contributed by atoms with Crippen molar-refractivity contribution in [3.8, 4) is 5.75 Å². The Labute approximate surface area is 119 Å². The summed E-state index contributed by atoms with van der Waals surface area (Å²) >= 11 is 0. The lowest BCUT2D eigenvalue weighted by atomic mass is 10.1. The first-order valence-electron chi connectivity index (χ1n) is 7.05. The molecule has 0 saturated heterocycles. The Morgan fingerprint density at radius 2 is 1.95 bits per heavy atom. The molecular weight excluding hydrogens is 254 g/mol. The number of nitrogens with zero attached hydrogens (tertiary/aromatic N) is 1. The zero-order valence-corrected chi connectivity index (χ0v) is 12.3. The van der Waals surface area contributed by atoms with Crippen molar-refractivity contribution in [1.82, 2.24) is 4.90 Å². The van der Waals surface area contributed by atoms with Crippen LogP contribution in [-0.2, 0) is 4.79 Å².